The first-order chi connectivity index (χ1) is 7.47. The van der Waals surface area contributed by atoms with E-state index in [-0.39, 0.29) is 12.6 Å². The summed E-state index contributed by atoms with van der Waals surface area (Å²) in [5.74, 6) is -1.37. The molecule has 7 heteroatoms. The average molecular weight is 234 g/mol. The SMILES string of the molecule is CCOCC(C)NC(=O)NCC(O)C(=O)O. The number of urea groups is 1. The second-order valence-corrected chi connectivity index (χ2v) is 3.27. The van der Waals surface area contributed by atoms with E-state index in [2.05, 4.69) is 10.6 Å². The summed E-state index contributed by atoms with van der Waals surface area (Å²) in [6.45, 7) is 4.21. The Kier molecular flexibility index (Phi) is 7.23. The van der Waals surface area contributed by atoms with Crippen LogP contribution in [0.3, 0.4) is 0 Å². The van der Waals surface area contributed by atoms with Gasteiger partial charge in [-0.2, -0.15) is 0 Å². The smallest absolute Gasteiger partial charge is 0.334 e. The Morgan fingerprint density at radius 3 is 2.56 bits per heavy atom. The molecule has 94 valence electrons. The first kappa shape index (κ1) is 14.7. The largest absolute Gasteiger partial charge is 0.479 e. The van der Waals surface area contributed by atoms with Gasteiger partial charge >= 0.3 is 12.0 Å². The van der Waals surface area contributed by atoms with Crippen LogP contribution in [0.5, 0.6) is 0 Å². The number of aliphatic hydroxyl groups is 1. The zero-order valence-electron chi connectivity index (χ0n) is 9.40. The Morgan fingerprint density at radius 2 is 2.06 bits per heavy atom. The predicted octanol–water partition coefficient (Wildman–Crippen LogP) is -0.844. The van der Waals surface area contributed by atoms with E-state index in [1.807, 2.05) is 6.92 Å². The van der Waals surface area contributed by atoms with E-state index in [0.29, 0.717) is 13.2 Å². The third-order valence-electron chi connectivity index (χ3n) is 1.69. The summed E-state index contributed by atoms with van der Waals surface area (Å²) < 4.78 is 5.07. The van der Waals surface area contributed by atoms with E-state index in [4.69, 9.17) is 14.9 Å². The van der Waals surface area contributed by atoms with E-state index in [9.17, 15) is 9.59 Å². The molecule has 0 rings (SSSR count). The van der Waals surface area contributed by atoms with Crippen molar-refractivity contribution in [2.24, 2.45) is 0 Å². The number of ether oxygens (including phenoxy) is 1. The highest BCUT2D eigenvalue weighted by molar-refractivity contribution is 5.76. The Labute approximate surface area is 93.8 Å². The van der Waals surface area contributed by atoms with Gasteiger partial charge in [-0.15, -0.1) is 0 Å². The van der Waals surface area contributed by atoms with Crippen LogP contribution in [0.1, 0.15) is 13.8 Å². The van der Waals surface area contributed by atoms with Crippen LogP contribution in [-0.4, -0.2) is 54.1 Å². The van der Waals surface area contributed by atoms with Crippen LogP contribution in [0.25, 0.3) is 0 Å². The summed E-state index contributed by atoms with van der Waals surface area (Å²) in [5.41, 5.74) is 0. The molecule has 2 unspecified atom stereocenters. The number of hydrogen-bond acceptors (Lipinski definition) is 4. The van der Waals surface area contributed by atoms with E-state index in [0.717, 1.165) is 0 Å². The molecular weight excluding hydrogens is 216 g/mol. The molecule has 0 aliphatic rings. The molecule has 0 aromatic carbocycles. The molecule has 0 heterocycles. The normalized spacial score (nSPS) is 13.9. The van der Waals surface area contributed by atoms with Crippen molar-refractivity contribution in [1.29, 1.82) is 0 Å². The zero-order valence-corrected chi connectivity index (χ0v) is 9.40. The monoisotopic (exact) mass is 234 g/mol. The van der Waals surface area contributed by atoms with E-state index in [1.165, 1.54) is 0 Å². The molecule has 0 bridgehead atoms. The zero-order chi connectivity index (χ0) is 12.6. The standard InChI is InChI=1S/C9H18N2O5/c1-3-16-5-6(2)11-9(15)10-4-7(12)8(13)14/h6-7,12H,3-5H2,1-2H3,(H,13,14)(H2,10,11,15). The number of aliphatic carboxylic acids is 1. The molecule has 0 aromatic rings. The van der Waals surface area contributed by atoms with Gasteiger partial charge in [-0.25, -0.2) is 9.59 Å². The Hall–Kier alpha value is -1.34. The van der Waals surface area contributed by atoms with Crippen LogP contribution in [0.4, 0.5) is 4.79 Å². The topological polar surface area (TPSA) is 108 Å². The number of nitrogens with one attached hydrogen (secondary N) is 2. The van der Waals surface area contributed by atoms with Crippen molar-refractivity contribution in [3.05, 3.63) is 0 Å². The quantitative estimate of drug-likeness (QED) is 0.459. The van der Waals surface area contributed by atoms with Gasteiger partial charge in [-0.05, 0) is 13.8 Å². The van der Waals surface area contributed by atoms with Gasteiger partial charge in [-0.3, -0.25) is 0 Å². The molecule has 0 saturated heterocycles. The molecule has 4 N–H and O–H groups in total. The molecule has 0 spiro atoms. The summed E-state index contributed by atoms with van der Waals surface area (Å²) in [6, 6.07) is -0.713. The minimum atomic E-state index is -1.59. The summed E-state index contributed by atoms with van der Waals surface area (Å²) in [5, 5.41) is 22.0. The minimum absolute atomic E-state index is 0.179. The lowest BCUT2D eigenvalue weighted by Crippen LogP contribution is -2.46. The second-order valence-electron chi connectivity index (χ2n) is 3.27. The maximum Gasteiger partial charge on any atom is 0.334 e. The fourth-order valence-corrected chi connectivity index (χ4v) is 0.888. The van der Waals surface area contributed by atoms with Crippen molar-refractivity contribution in [3.8, 4) is 0 Å². The first-order valence-electron chi connectivity index (χ1n) is 5.00. The molecule has 16 heavy (non-hydrogen) atoms. The third kappa shape index (κ3) is 7.02. The number of hydrogen-bond donors (Lipinski definition) is 4. The van der Waals surface area contributed by atoms with Crippen LogP contribution in [-0.2, 0) is 9.53 Å². The number of amides is 2. The van der Waals surface area contributed by atoms with Crippen molar-refractivity contribution in [2.75, 3.05) is 19.8 Å². The summed E-state index contributed by atoms with van der Waals surface area (Å²) >= 11 is 0. The summed E-state index contributed by atoms with van der Waals surface area (Å²) in [7, 11) is 0. The second kappa shape index (κ2) is 7.89. The van der Waals surface area contributed by atoms with Crippen LogP contribution in [0.2, 0.25) is 0 Å². The van der Waals surface area contributed by atoms with Crippen LogP contribution in [0, 0.1) is 0 Å². The van der Waals surface area contributed by atoms with Gasteiger partial charge in [0.1, 0.15) is 0 Å². The highest BCUT2D eigenvalue weighted by Crippen LogP contribution is 1.85. The lowest BCUT2D eigenvalue weighted by Gasteiger charge is -2.14. The van der Waals surface area contributed by atoms with Gasteiger partial charge in [0.15, 0.2) is 6.10 Å². The van der Waals surface area contributed by atoms with Gasteiger partial charge in [0.05, 0.1) is 19.2 Å². The van der Waals surface area contributed by atoms with Crippen LogP contribution >= 0.6 is 0 Å². The van der Waals surface area contributed by atoms with Gasteiger partial charge in [-0.1, -0.05) is 0 Å². The molecule has 0 radical (unpaired) electrons. The molecule has 0 aliphatic heterocycles. The number of rotatable bonds is 7. The van der Waals surface area contributed by atoms with Gasteiger partial charge in [0, 0.05) is 6.61 Å². The fraction of sp³-hybridized carbons (Fsp3) is 0.778. The molecule has 0 fully saturated rings. The molecule has 0 aromatic heterocycles. The molecule has 7 nitrogen and oxygen atoms in total. The maximum atomic E-state index is 11.2. The van der Waals surface area contributed by atoms with Gasteiger partial charge < -0.3 is 25.6 Å². The summed E-state index contributed by atoms with van der Waals surface area (Å²) in [4.78, 5) is 21.4. The average Bonchev–Trinajstić information content (AvgIpc) is 2.22. The number of aliphatic hydroxyl groups excluding tert-OH is 1. The minimum Gasteiger partial charge on any atom is -0.479 e. The molecule has 2 amide bonds. The van der Waals surface area contributed by atoms with Crippen molar-refractivity contribution in [1.82, 2.24) is 10.6 Å². The predicted molar refractivity (Wildman–Crippen MR) is 56.1 cm³/mol. The molecule has 0 aliphatic carbocycles. The van der Waals surface area contributed by atoms with E-state index in [1.54, 1.807) is 6.92 Å². The molecule has 2 atom stereocenters. The van der Waals surface area contributed by atoms with Crippen LogP contribution < -0.4 is 10.6 Å². The number of carboxylic acid groups (broad SMARTS) is 1. The number of carboxylic acids is 1. The number of carbonyl (C=O) groups is 2. The lowest BCUT2D eigenvalue weighted by molar-refractivity contribution is -0.146. The van der Waals surface area contributed by atoms with E-state index >= 15 is 0 Å². The van der Waals surface area contributed by atoms with Crippen LogP contribution in [0.15, 0.2) is 0 Å². The highest BCUT2D eigenvalue weighted by atomic mass is 16.5. The molecular formula is C9H18N2O5. The third-order valence-corrected chi connectivity index (χ3v) is 1.69. The first-order valence-corrected chi connectivity index (χ1v) is 5.00. The molecule has 0 saturated carbocycles. The Morgan fingerprint density at radius 1 is 1.44 bits per heavy atom. The Balaban J connectivity index is 3.69. The number of carbonyl (C=O) groups excluding carboxylic acids is 1. The maximum absolute atomic E-state index is 11.2. The highest BCUT2D eigenvalue weighted by Gasteiger charge is 2.14. The summed E-state index contributed by atoms with van der Waals surface area (Å²) in [6.07, 6.45) is -1.59. The van der Waals surface area contributed by atoms with Gasteiger partial charge in [0.2, 0.25) is 0 Å². The van der Waals surface area contributed by atoms with Crippen molar-refractivity contribution in [3.63, 3.8) is 0 Å². The van der Waals surface area contributed by atoms with Crippen molar-refractivity contribution < 1.29 is 24.5 Å². The van der Waals surface area contributed by atoms with Gasteiger partial charge in [0.25, 0.3) is 0 Å². The van der Waals surface area contributed by atoms with E-state index < -0.39 is 18.1 Å². The fourth-order valence-electron chi connectivity index (χ4n) is 0.888. The van der Waals surface area contributed by atoms with Crippen molar-refractivity contribution in [2.45, 2.75) is 26.0 Å². The lowest BCUT2D eigenvalue weighted by atomic mass is 10.3. The van der Waals surface area contributed by atoms with Crippen molar-refractivity contribution >= 4 is 12.0 Å². The Bertz CT molecular complexity index is 234.